The van der Waals surface area contributed by atoms with E-state index in [9.17, 15) is 4.79 Å². The smallest absolute Gasteiger partial charge is 0.413 e. The van der Waals surface area contributed by atoms with Crippen LogP contribution in [0.5, 0.6) is 0 Å². The van der Waals surface area contributed by atoms with E-state index >= 15 is 0 Å². The van der Waals surface area contributed by atoms with Gasteiger partial charge in [0.1, 0.15) is 11.4 Å². The lowest BCUT2D eigenvalue weighted by molar-refractivity contribution is 0.0635. The highest BCUT2D eigenvalue weighted by Gasteiger charge is 2.17. The highest BCUT2D eigenvalue weighted by molar-refractivity contribution is 6.34. The molecule has 0 fully saturated rings. The number of hydrogen-bond donors (Lipinski definition) is 3. The Balaban J connectivity index is 1.90. The van der Waals surface area contributed by atoms with Gasteiger partial charge < -0.3 is 10.1 Å². The summed E-state index contributed by atoms with van der Waals surface area (Å²) in [5, 5.41) is 13.8. The maximum Gasteiger partial charge on any atom is 0.413 e. The van der Waals surface area contributed by atoms with E-state index in [1.165, 1.54) is 0 Å². The summed E-state index contributed by atoms with van der Waals surface area (Å²) >= 11 is 12.0. The highest BCUT2D eigenvalue weighted by Crippen LogP contribution is 2.19. The van der Waals surface area contributed by atoms with Gasteiger partial charge in [0, 0.05) is 28.7 Å². The van der Waals surface area contributed by atoms with E-state index in [2.05, 4.69) is 20.8 Å². The molecule has 0 aliphatic rings. The maximum absolute atomic E-state index is 11.8. The molecule has 0 spiro atoms. The predicted octanol–water partition coefficient (Wildman–Crippen LogP) is 4.35. The lowest BCUT2D eigenvalue weighted by atomic mass is 10.2. The standard InChI is InChI=1S/C16H20Cl2N4O2/c1-16(2,3)24-15(23)21-14-11(9-20-22-14)8-19-7-10-4-12(17)6-13(18)5-10/h4-6,9,19H,7-8H2,1-3H3,(H2,20,21,22,23). The first-order valence-corrected chi connectivity index (χ1v) is 8.16. The van der Waals surface area contributed by atoms with E-state index < -0.39 is 11.7 Å². The van der Waals surface area contributed by atoms with Gasteiger partial charge in [-0.25, -0.2) is 4.79 Å². The summed E-state index contributed by atoms with van der Waals surface area (Å²) in [4.78, 5) is 11.8. The van der Waals surface area contributed by atoms with E-state index in [0.717, 1.165) is 11.1 Å². The monoisotopic (exact) mass is 370 g/mol. The van der Waals surface area contributed by atoms with E-state index in [1.807, 2.05) is 12.1 Å². The van der Waals surface area contributed by atoms with Gasteiger partial charge in [-0.1, -0.05) is 23.2 Å². The van der Waals surface area contributed by atoms with Crippen LogP contribution >= 0.6 is 23.2 Å². The van der Waals surface area contributed by atoms with Crippen LogP contribution < -0.4 is 10.6 Å². The zero-order valence-electron chi connectivity index (χ0n) is 13.7. The Morgan fingerprint density at radius 2 is 1.88 bits per heavy atom. The Bertz CT molecular complexity index is 690. The van der Waals surface area contributed by atoms with Crippen molar-refractivity contribution in [3.8, 4) is 0 Å². The number of aromatic amines is 1. The van der Waals surface area contributed by atoms with Gasteiger partial charge in [-0.3, -0.25) is 10.4 Å². The number of halogens is 2. The molecule has 3 N–H and O–H groups in total. The van der Waals surface area contributed by atoms with Crippen molar-refractivity contribution < 1.29 is 9.53 Å². The number of rotatable bonds is 5. The molecule has 0 bridgehead atoms. The molecule has 2 aromatic rings. The Hall–Kier alpha value is -1.76. The molecule has 0 aliphatic carbocycles. The predicted molar refractivity (Wildman–Crippen MR) is 95.5 cm³/mol. The quantitative estimate of drug-likeness (QED) is 0.730. The van der Waals surface area contributed by atoms with Gasteiger partial charge in [0.2, 0.25) is 0 Å². The lowest BCUT2D eigenvalue weighted by Gasteiger charge is -2.19. The molecular weight excluding hydrogens is 351 g/mol. The Morgan fingerprint density at radius 3 is 2.50 bits per heavy atom. The minimum absolute atomic E-state index is 0.501. The maximum atomic E-state index is 11.8. The molecule has 0 aliphatic heterocycles. The number of nitrogens with one attached hydrogen (secondary N) is 3. The number of hydrogen-bond acceptors (Lipinski definition) is 4. The van der Waals surface area contributed by atoms with Crippen LogP contribution in [0, 0.1) is 0 Å². The first kappa shape index (κ1) is 18.6. The van der Waals surface area contributed by atoms with Crippen molar-refractivity contribution in [1.82, 2.24) is 15.5 Å². The largest absolute Gasteiger partial charge is 0.444 e. The molecule has 1 aromatic heterocycles. The second kappa shape index (κ2) is 7.88. The number of benzene rings is 1. The van der Waals surface area contributed by atoms with Crippen LogP contribution in [0.4, 0.5) is 10.6 Å². The molecule has 0 atom stereocenters. The van der Waals surface area contributed by atoms with Gasteiger partial charge in [0.05, 0.1) is 6.20 Å². The summed E-state index contributed by atoms with van der Waals surface area (Å²) in [6, 6.07) is 5.37. The third-order valence-electron chi connectivity index (χ3n) is 2.91. The van der Waals surface area contributed by atoms with Crippen molar-refractivity contribution in [3.05, 3.63) is 45.6 Å². The molecule has 6 nitrogen and oxygen atoms in total. The SMILES string of the molecule is CC(C)(C)OC(=O)Nc1[nH]ncc1CNCc1cc(Cl)cc(Cl)c1. The van der Waals surface area contributed by atoms with Gasteiger partial charge in [0.15, 0.2) is 0 Å². The van der Waals surface area contributed by atoms with Crippen molar-refractivity contribution in [1.29, 1.82) is 0 Å². The van der Waals surface area contributed by atoms with Crippen LogP contribution in [0.2, 0.25) is 10.0 Å². The number of H-pyrrole nitrogens is 1. The van der Waals surface area contributed by atoms with Crippen LogP contribution in [-0.4, -0.2) is 21.9 Å². The van der Waals surface area contributed by atoms with Crippen LogP contribution in [0.1, 0.15) is 31.9 Å². The summed E-state index contributed by atoms with van der Waals surface area (Å²) in [7, 11) is 0. The first-order chi connectivity index (χ1) is 11.2. The number of carbonyl (C=O) groups is 1. The van der Waals surface area contributed by atoms with Crippen LogP contribution in [0.15, 0.2) is 24.4 Å². The zero-order valence-corrected chi connectivity index (χ0v) is 15.3. The number of amides is 1. The van der Waals surface area contributed by atoms with E-state index in [0.29, 0.717) is 29.0 Å². The van der Waals surface area contributed by atoms with Crippen molar-refractivity contribution in [2.45, 2.75) is 39.5 Å². The Labute approximate surface area is 150 Å². The van der Waals surface area contributed by atoms with Gasteiger partial charge >= 0.3 is 6.09 Å². The second-order valence-electron chi connectivity index (χ2n) is 6.28. The molecule has 8 heteroatoms. The average Bonchev–Trinajstić information content (AvgIpc) is 2.82. The summed E-state index contributed by atoms with van der Waals surface area (Å²) in [5.41, 5.74) is 1.22. The minimum atomic E-state index is -0.561. The van der Waals surface area contributed by atoms with Gasteiger partial charge in [-0.15, -0.1) is 0 Å². The average molecular weight is 371 g/mol. The zero-order chi connectivity index (χ0) is 17.7. The number of aromatic nitrogens is 2. The summed E-state index contributed by atoms with van der Waals surface area (Å²) in [5.74, 6) is 0.501. The van der Waals surface area contributed by atoms with Crippen LogP contribution in [0.25, 0.3) is 0 Å². The van der Waals surface area contributed by atoms with Crippen LogP contribution in [-0.2, 0) is 17.8 Å². The number of carbonyl (C=O) groups excluding carboxylic acids is 1. The molecule has 0 unspecified atom stereocenters. The van der Waals surface area contributed by atoms with Crippen molar-refractivity contribution in [3.63, 3.8) is 0 Å². The van der Waals surface area contributed by atoms with E-state index in [1.54, 1.807) is 33.0 Å². The molecule has 1 aromatic carbocycles. The molecule has 1 heterocycles. The van der Waals surface area contributed by atoms with E-state index in [-0.39, 0.29) is 0 Å². The highest BCUT2D eigenvalue weighted by atomic mass is 35.5. The van der Waals surface area contributed by atoms with Crippen molar-refractivity contribution in [2.24, 2.45) is 0 Å². The molecule has 0 saturated carbocycles. The molecule has 0 saturated heterocycles. The number of anilines is 1. The fraction of sp³-hybridized carbons (Fsp3) is 0.375. The van der Waals surface area contributed by atoms with Crippen LogP contribution in [0.3, 0.4) is 0 Å². The molecule has 130 valence electrons. The molecular formula is C16H20Cl2N4O2. The Morgan fingerprint density at radius 1 is 1.21 bits per heavy atom. The number of ether oxygens (including phenoxy) is 1. The fourth-order valence-electron chi connectivity index (χ4n) is 2.01. The summed E-state index contributed by atoms with van der Waals surface area (Å²) in [6.07, 6.45) is 1.11. The summed E-state index contributed by atoms with van der Waals surface area (Å²) in [6.45, 7) is 6.50. The minimum Gasteiger partial charge on any atom is -0.444 e. The second-order valence-corrected chi connectivity index (χ2v) is 7.15. The molecule has 0 radical (unpaired) electrons. The normalized spacial score (nSPS) is 11.4. The lowest BCUT2D eigenvalue weighted by Crippen LogP contribution is -2.27. The first-order valence-electron chi connectivity index (χ1n) is 7.41. The summed E-state index contributed by atoms with van der Waals surface area (Å²) < 4.78 is 5.22. The molecule has 1 amide bonds. The molecule has 2 rings (SSSR count). The van der Waals surface area contributed by atoms with Gasteiger partial charge in [0.25, 0.3) is 0 Å². The fourth-order valence-corrected chi connectivity index (χ4v) is 2.58. The number of nitrogens with zero attached hydrogens (tertiary/aromatic N) is 1. The van der Waals surface area contributed by atoms with Gasteiger partial charge in [-0.2, -0.15) is 5.10 Å². The van der Waals surface area contributed by atoms with Gasteiger partial charge in [-0.05, 0) is 44.5 Å². The topological polar surface area (TPSA) is 79.0 Å². The molecule has 24 heavy (non-hydrogen) atoms. The van der Waals surface area contributed by atoms with E-state index in [4.69, 9.17) is 27.9 Å². The van der Waals surface area contributed by atoms with Crippen molar-refractivity contribution >= 4 is 35.1 Å². The third kappa shape index (κ3) is 6.03. The Kier molecular flexibility index (Phi) is 6.10. The van der Waals surface area contributed by atoms with Crippen molar-refractivity contribution in [2.75, 3.05) is 5.32 Å². The third-order valence-corrected chi connectivity index (χ3v) is 3.35.